The molecule has 2 aliphatic heterocycles. The predicted molar refractivity (Wildman–Crippen MR) is 155 cm³/mol. The lowest BCUT2D eigenvalue weighted by Gasteiger charge is -2.19. The van der Waals surface area contributed by atoms with E-state index in [0.29, 0.717) is 55.8 Å². The number of hydrogen-bond acceptors (Lipinski definition) is 6. The third kappa shape index (κ3) is 6.93. The lowest BCUT2D eigenvalue weighted by atomic mass is 10.1. The van der Waals surface area contributed by atoms with Gasteiger partial charge in [0, 0.05) is 22.8 Å². The Hall–Kier alpha value is -3.60. The van der Waals surface area contributed by atoms with E-state index in [-0.39, 0.29) is 13.0 Å². The van der Waals surface area contributed by atoms with E-state index in [4.69, 9.17) is 39.5 Å². The molecular formula is C27H27Cl3N6O4. The summed E-state index contributed by atoms with van der Waals surface area (Å²) in [4.78, 5) is 45.8. The molecule has 3 N–H and O–H groups in total. The number of rotatable bonds is 7. The Labute approximate surface area is 245 Å². The van der Waals surface area contributed by atoms with Crippen molar-refractivity contribution < 1.29 is 14.3 Å². The summed E-state index contributed by atoms with van der Waals surface area (Å²) in [6.45, 7) is 6.87. The third-order valence-corrected chi connectivity index (χ3v) is 6.41. The molecule has 210 valence electrons. The number of benzene rings is 2. The van der Waals surface area contributed by atoms with Gasteiger partial charge in [-0.3, -0.25) is 14.7 Å². The second kappa shape index (κ2) is 11.9. The van der Waals surface area contributed by atoms with Crippen molar-refractivity contribution in [3.05, 3.63) is 78.9 Å². The molecular weight excluding hydrogens is 579 g/mol. The van der Waals surface area contributed by atoms with Crippen molar-refractivity contribution in [3.8, 4) is 17.1 Å². The van der Waals surface area contributed by atoms with Crippen molar-refractivity contribution >= 4 is 52.5 Å². The van der Waals surface area contributed by atoms with E-state index >= 15 is 0 Å². The van der Waals surface area contributed by atoms with Crippen molar-refractivity contribution in [2.45, 2.75) is 46.1 Å². The maximum atomic E-state index is 13.0. The van der Waals surface area contributed by atoms with Gasteiger partial charge in [0.1, 0.15) is 29.2 Å². The van der Waals surface area contributed by atoms with Crippen LogP contribution in [-0.2, 0) is 22.4 Å². The number of H-pyrrole nitrogens is 1. The lowest BCUT2D eigenvalue weighted by molar-refractivity contribution is -0.115. The summed E-state index contributed by atoms with van der Waals surface area (Å²) >= 11 is 19.0. The molecule has 2 aromatic carbocycles. The van der Waals surface area contributed by atoms with Crippen LogP contribution >= 0.6 is 34.8 Å². The summed E-state index contributed by atoms with van der Waals surface area (Å²) in [5, 5.41) is 9.24. The number of aryl methyl sites for hydroxylation is 1. The first-order chi connectivity index (χ1) is 18.8. The van der Waals surface area contributed by atoms with Crippen molar-refractivity contribution in [2.75, 3.05) is 11.9 Å². The van der Waals surface area contributed by atoms with Gasteiger partial charge in [-0.15, -0.1) is 0 Å². The predicted octanol–water partition coefficient (Wildman–Crippen LogP) is 5.64. The molecule has 0 aliphatic carbocycles. The molecule has 2 aromatic rings. The molecule has 4 rings (SSSR count). The molecule has 13 heteroatoms. The number of aromatic amines is 1. The second-order valence-electron chi connectivity index (χ2n) is 9.92. The van der Waals surface area contributed by atoms with Crippen LogP contribution in [0.5, 0.6) is 0 Å². The van der Waals surface area contributed by atoms with Crippen molar-refractivity contribution in [3.63, 3.8) is 0 Å². The van der Waals surface area contributed by atoms with Crippen molar-refractivity contribution in [2.24, 2.45) is 0 Å². The van der Waals surface area contributed by atoms with E-state index in [2.05, 4.69) is 25.7 Å². The van der Waals surface area contributed by atoms with Gasteiger partial charge in [0.2, 0.25) is 5.91 Å². The maximum Gasteiger partial charge on any atom is 0.408 e. The van der Waals surface area contributed by atoms with Crippen LogP contribution in [0.25, 0.3) is 17.1 Å². The van der Waals surface area contributed by atoms with Gasteiger partial charge in [-0.05, 0) is 57.0 Å². The Balaban J connectivity index is 1.53. The summed E-state index contributed by atoms with van der Waals surface area (Å²) in [6.07, 6.45) is 0.113. The number of hydrogen-bond donors (Lipinski definition) is 3. The number of nitrogens with zero attached hydrogens (tertiary/aromatic N) is 3. The zero-order chi connectivity index (χ0) is 29.2. The van der Waals surface area contributed by atoms with E-state index in [1.807, 2.05) is 6.92 Å². The first-order valence-corrected chi connectivity index (χ1v) is 13.5. The Morgan fingerprint density at radius 2 is 1.70 bits per heavy atom. The van der Waals surface area contributed by atoms with Crippen LogP contribution in [-0.4, -0.2) is 43.9 Å². The molecule has 0 fully saturated rings. The van der Waals surface area contributed by atoms with E-state index < -0.39 is 23.2 Å². The molecule has 0 bridgehead atoms. The molecule has 0 atom stereocenters. The van der Waals surface area contributed by atoms with E-state index in [9.17, 15) is 14.4 Å². The summed E-state index contributed by atoms with van der Waals surface area (Å²) < 4.78 is 6.69. The van der Waals surface area contributed by atoms with Crippen LogP contribution in [0.15, 0.2) is 41.2 Å². The first kappa shape index (κ1) is 29.4. The Kier molecular flexibility index (Phi) is 8.72. The topological polar surface area (TPSA) is 131 Å². The van der Waals surface area contributed by atoms with Crippen LogP contribution in [0.3, 0.4) is 0 Å². The number of halogens is 3. The van der Waals surface area contributed by atoms with Crippen LogP contribution in [0.4, 0.5) is 10.5 Å². The third-order valence-electron chi connectivity index (χ3n) is 5.61. The largest absolute Gasteiger partial charge is 0.444 e. The quantitative estimate of drug-likeness (QED) is 0.250. The van der Waals surface area contributed by atoms with Crippen molar-refractivity contribution in [1.29, 1.82) is 0 Å². The Morgan fingerprint density at radius 1 is 1.05 bits per heavy atom. The number of alkyl carbamates (subject to hydrolysis) is 1. The van der Waals surface area contributed by atoms with Crippen molar-refractivity contribution in [1.82, 2.24) is 25.1 Å². The second-order valence-corrected chi connectivity index (χ2v) is 11.2. The highest BCUT2D eigenvalue weighted by molar-refractivity contribution is 6.40. The smallest absolute Gasteiger partial charge is 0.408 e. The number of ether oxygens (including phenoxy) is 1. The monoisotopic (exact) mass is 604 g/mol. The number of aromatic nitrogens is 4. The van der Waals surface area contributed by atoms with Gasteiger partial charge in [-0.25, -0.2) is 14.5 Å². The maximum absolute atomic E-state index is 13.0. The molecule has 2 heterocycles. The molecule has 10 nitrogen and oxygen atoms in total. The molecule has 0 saturated heterocycles. The van der Waals surface area contributed by atoms with Gasteiger partial charge >= 0.3 is 6.09 Å². The highest BCUT2D eigenvalue weighted by atomic mass is 35.5. The average Bonchev–Trinajstić information content (AvgIpc) is 3.21. The van der Waals surface area contributed by atoms with Crippen LogP contribution in [0, 0.1) is 0 Å². The number of anilines is 1. The molecule has 2 aliphatic rings. The van der Waals surface area contributed by atoms with Gasteiger partial charge in [0.05, 0.1) is 10.0 Å². The normalized spacial score (nSPS) is 11.5. The van der Waals surface area contributed by atoms with E-state index in [1.165, 1.54) is 0 Å². The summed E-state index contributed by atoms with van der Waals surface area (Å²) in [6, 6.07) is 10.1. The average molecular weight is 606 g/mol. The molecule has 0 saturated carbocycles. The minimum absolute atomic E-state index is 0.241. The van der Waals surface area contributed by atoms with Crippen LogP contribution in [0.2, 0.25) is 15.1 Å². The summed E-state index contributed by atoms with van der Waals surface area (Å²) in [7, 11) is 0. The number of carbonyl (C=O) groups is 2. The number of nitrogens with one attached hydrogen (secondary N) is 3. The zero-order valence-electron chi connectivity index (χ0n) is 22.2. The molecule has 2 amide bonds. The SMILES string of the molecule is CCc1[nH]n(-c2c(Cl)cc(Cl)cc2Cl)c2nc(Cc3ccc(NC(=O)CNC(=O)OC(C)(C)C)cc3)nc(=O)c1-2. The van der Waals surface area contributed by atoms with E-state index in [0.717, 1.165) is 5.56 Å². The highest BCUT2D eigenvalue weighted by Gasteiger charge is 2.25. The number of amides is 2. The van der Waals surface area contributed by atoms with Gasteiger partial charge in [-0.1, -0.05) is 53.9 Å². The highest BCUT2D eigenvalue weighted by Crippen LogP contribution is 2.35. The summed E-state index contributed by atoms with van der Waals surface area (Å²) in [5.74, 6) is 0.235. The fraction of sp³-hybridized carbons (Fsp3) is 0.296. The molecule has 40 heavy (non-hydrogen) atoms. The standard InChI is InChI=1S/C27H27Cl3N6O4/c1-5-19-22-24(36(35-19)23-17(29)11-15(28)12-18(23)30)33-20(34-25(22)38)10-14-6-8-16(9-7-14)32-21(37)13-31-26(39)40-27(2,3)4/h6-9,11-12,35H,5,10,13H2,1-4H3,(H,31,39)(H,32,37). The molecule has 0 radical (unpaired) electrons. The van der Waals surface area contributed by atoms with Gasteiger partial charge in [0.15, 0.2) is 5.82 Å². The fourth-order valence-corrected chi connectivity index (χ4v) is 4.93. The number of fused-ring (bicyclic) bond motifs is 1. The lowest BCUT2D eigenvalue weighted by Crippen LogP contribution is -2.37. The van der Waals surface area contributed by atoms with E-state index in [1.54, 1.807) is 61.9 Å². The number of carbonyl (C=O) groups excluding carboxylic acids is 2. The Morgan fingerprint density at radius 3 is 2.30 bits per heavy atom. The minimum atomic E-state index is -0.678. The van der Waals surface area contributed by atoms with Crippen LogP contribution < -0.4 is 16.2 Å². The zero-order valence-corrected chi connectivity index (χ0v) is 24.5. The minimum Gasteiger partial charge on any atom is -0.444 e. The van der Waals surface area contributed by atoms with Gasteiger partial charge in [-0.2, -0.15) is 4.98 Å². The molecule has 0 unspecified atom stereocenters. The fourth-order valence-electron chi connectivity index (χ4n) is 3.95. The van der Waals surface area contributed by atoms with Gasteiger partial charge in [0.25, 0.3) is 5.56 Å². The van der Waals surface area contributed by atoms with Crippen LogP contribution in [0.1, 0.15) is 44.8 Å². The molecule has 0 aromatic heterocycles. The summed E-state index contributed by atoms with van der Waals surface area (Å²) in [5.41, 5.74) is 1.68. The first-order valence-electron chi connectivity index (χ1n) is 12.4. The van der Waals surface area contributed by atoms with Gasteiger partial charge < -0.3 is 15.4 Å². The molecule has 0 spiro atoms. The Bertz CT molecular complexity index is 1570.